The highest BCUT2D eigenvalue weighted by molar-refractivity contribution is 6.02. The second-order valence-electron chi connectivity index (χ2n) is 4.77. The van der Waals surface area contributed by atoms with Crippen molar-refractivity contribution in [2.24, 2.45) is 0 Å². The van der Waals surface area contributed by atoms with Crippen LogP contribution in [0, 0.1) is 0 Å². The normalized spacial score (nSPS) is 22.8. The van der Waals surface area contributed by atoms with Gasteiger partial charge in [-0.2, -0.15) is 0 Å². The van der Waals surface area contributed by atoms with Crippen LogP contribution in [0.5, 0.6) is 0 Å². The van der Waals surface area contributed by atoms with E-state index in [1.807, 2.05) is 6.92 Å². The fourth-order valence-electron chi connectivity index (χ4n) is 2.17. The fraction of sp³-hybridized carbons (Fsp3) is 0.429. The summed E-state index contributed by atoms with van der Waals surface area (Å²) in [5, 5.41) is 2.67. The predicted octanol–water partition coefficient (Wildman–Crippen LogP) is 2.40. The average molecular weight is 247 g/mol. The van der Waals surface area contributed by atoms with Gasteiger partial charge in [-0.25, -0.2) is 0 Å². The first-order valence-electron chi connectivity index (χ1n) is 6.08. The van der Waals surface area contributed by atoms with Crippen molar-refractivity contribution in [1.82, 2.24) is 0 Å². The summed E-state index contributed by atoms with van der Waals surface area (Å²) in [4.78, 5) is 23.2. The van der Waals surface area contributed by atoms with Gasteiger partial charge < -0.3 is 10.1 Å². The lowest BCUT2D eigenvalue weighted by Crippen LogP contribution is -2.34. The first-order valence-corrected chi connectivity index (χ1v) is 6.08. The lowest BCUT2D eigenvalue weighted by molar-refractivity contribution is -0.114. The summed E-state index contributed by atoms with van der Waals surface area (Å²) < 4.78 is 5.53. The summed E-state index contributed by atoms with van der Waals surface area (Å²) in [6.45, 7) is 3.93. The molecule has 1 atom stereocenters. The van der Waals surface area contributed by atoms with Crippen molar-refractivity contribution in [3.8, 4) is 0 Å². The molecule has 1 amide bonds. The van der Waals surface area contributed by atoms with E-state index < -0.39 is 5.60 Å². The Bertz CT molecular complexity index is 458. The molecule has 1 aliphatic heterocycles. The molecule has 1 heterocycles. The first-order chi connectivity index (χ1) is 8.51. The third-order valence-electron chi connectivity index (χ3n) is 3.17. The molecule has 0 aliphatic carbocycles. The number of rotatable bonds is 3. The monoisotopic (exact) mass is 247 g/mol. The maximum absolute atomic E-state index is 12.3. The first kappa shape index (κ1) is 12.8. The number of nitrogens with one attached hydrogen (secondary N) is 1. The minimum atomic E-state index is -0.685. The Morgan fingerprint density at radius 1 is 1.28 bits per heavy atom. The zero-order valence-electron chi connectivity index (χ0n) is 10.7. The van der Waals surface area contributed by atoms with E-state index in [0.717, 1.165) is 12.8 Å². The number of Topliss-reactive ketones (excluding diaryl/α,β-unsaturated/α-hetero) is 1. The molecule has 96 valence electrons. The van der Waals surface area contributed by atoms with Gasteiger partial charge in [0, 0.05) is 24.8 Å². The second kappa shape index (κ2) is 4.90. The number of carbonyl (C=O) groups is 2. The Hall–Kier alpha value is -1.68. The van der Waals surface area contributed by atoms with Crippen molar-refractivity contribution in [1.29, 1.82) is 0 Å². The van der Waals surface area contributed by atoms with E-state index in [4.69, 9.17) is 4.74 Å². The summed E-state index contributed by atoms with van der Waals surface area (Å²) in [6.07, 6.45) is 1.69. The Balaban J connectivity index is 2.14. The van der Waals surface area contributed by atoms with Crippen LogP contribution in [0.15, 0.2) is 24.3 Å². The van der Waals surface area contributed by atoms with Crippen LogP contribution >= 0.6 is 0 Å². The number of hydrogen-bond donors (Lipinski definition) is 1. The highest BCUT2D eigenvalue weighted by Crippen LogP contribution is 2.29. The molecule has 2 rings (SSSR count). The van der Waals surface area contributed by atoms with Crippen molar-refractivity contribution in [2.45, 2.75) is 32.3 Å². The number of hydrogen-bond acceptors (Lipinski definition) is 3. The Morgan fingerprint density at radius 2 is 1.94 bits per heavy atom. The molecular weight excluding hydrogens is 230 g/mol. The van der Waals surface area contributed by atoms with Crippen molar-refractivity contribution in [3.05, 3.63) is 29.8 Å². The lowest BCUT2D eigenvalue weighted by atomic mass is 9.92. The standard InChI is InChI=1S/C14H17NO3/c1-10(16)15-12-6-4-11(5-7-12)13(17)14(2)8-3-9-18-14/h4-7H,3,8-9H2,1-2H3,(H,15,16). The number of ether oxygens (including phenoxy) is 1. The molecule has 0 aromatic heterocycles. The molecule has 1 unspecified atom stereocenters. The van der Waals surface area contributed by atoms with Crippen molar-refractivity contribution >= 4 is 17.4 Å². The summed E-state index contributed by atoms with van der Waals surface area (Å²) in [5.41, 5.74) is 0.625. The maximum atomic E-state index is 12.3. The van der Waals surface area contributed by atoms with Crippen LogP contribution in [-0.2, 0) is 9.53 Å². The third kappa shape index (κ3) is 2.59. The molecule has 1 aromatic carbocycles. The molecular formula is C14H17NO3. The van der Waals surface area contributed by atoms with Gasteiger partial charge >= 0.3 is 0 Å². The SMILES string of the molecule is CC(=O)Nc1ccc(C(=O)C2(C)CCCO2)cc1. The maximum Gasteiger partial charge on any atom is 0.221 e. The molecule has 1 aromatic rings. The van der Waals surface area contributed by atoms with Crippen molar-refractivity contribution < 1.29 is 14.3 Å². The van der Waals surface area contributed by atoms with Gasteiger partial charge in [0.05, 0.1) is 0 Å². The minimum absolute atomic E-state index is 0.00868. The number of amides is 1. The molecule has 0 radical (unpaired) electrons. The molecule has 4 nitrogen and oxygen atoms in total. The fourth-order valence-corrected chi connectivity index (χ4v) is 2.17. The topological polar surface area (TPSA) is 55.4 Å². The molecule has 18 heavy (non-hydrogen) atoms. The molecule has 0 saturated carbocycles. The quantitative estimate of drug-likeness (QED) is 0.834. The van der Waals surface area contributed by atoms with Crippen LogP contribution in [0.4, 0.5) is 5.69 Å². The summed E-state index contributed by atoms with van der Waals surface area (Å²) in [6, 6.07) is 6.90. The van der Waals surface area contributed by atoms with Gasteiger partial charge in [-0.05, 0) is 44.0 Å². The Morgan fingerprint density at radius 3 is 2.44 bits per heavy atom. The molecule has 1 aliphatic rings. The molecule has 1 saturated heterocycles. The molecule has 0 bridgehead atoms. The van der Waals surface area contributed by atoms with Crippen LogP contribution in [-0.4, -0.2) is 23.9 Å². The van der Waals surface area contributed by atoms with Gasteiger partial charge in [-0.15, -0.1) is 0 Å². The van der Waals surface area contributed by atoms with E-state index >= 15 is 0 Å². The predicted molar refractivity (Wildman–Crippen MR) is 68.7 cm³/mol. The van der Waals surface area contributed by atoms with Crippen molar-refractivity contribution in [2.75, 3.05) is 11.9 Å². The molecule has 4 heteroatoms. The van der Waals surface area contributed by atoms with E-state index in [0.29, 0.717) is 17.9 Å². The van der Waals surface area contributed by atoms with Gasteiger partial charge in [0.2, 0.25) is 5.91 Å². The second-order valence-corrected chi connectivity index (χ2v) is 4.77. The average Bonchev–Trinajstić information content (AvgIpc) is 2.77. The number of ketones is 1. The van der Waals surface area contributed by atoms with Crippen LogP contribution in [0.2, 0.25) is 0 Å². The molecule has 1 N–H and O–H groups in total. The summed E-state index contributed by atoms with van der Waals surface area (Å²) in [7, 11) is 0. The number of anilines is 1. The van der Waals surface area contributed by atoms with Crippen LogP contribution in [0.1, 0.15) is 37.0 Å². The number of carbonyl (C=O) groups excluding carboxylic acids is 2. The van der Waals surface area contributed by atoms with E-state index in [2.05, 4.69) is 5.32 Å². The van der Waals surface area contributed by atoms with Gasteiger partial charge in [-0.3, -0.25) is 9.59 Å². The van der Waals surface area contributed by atoms with E-state index in [1.165, 1.54) is 6.92 Å². The summed E-state index contributed by atoms with van der Waals surface area (Å²) >= 11 is 0. The number of benzene rings is 1. The minimum Gasteiger partial charge on any atom is -0.367 e. The lowest BCUT2D eigenvalue weighted by Gasteiger charge is -2.21. The largest absolute Gasteiger partial charge is 0.367 e. The van der Waals surface area contributed by atoms with Gasteiger partial charge in [0.25, 0.3) is 0 Å². The van der Waals surface area contributed by atoms with Gasteiger partial charge in [-0.1, -0.05) is 0 Å². The van der Waals surface area contributed by atoms with E-state index in [1.54, 1.807) is 24.3 Å². The van der Waals surface area contributed by atoms with Crippen LogP contribution in [0.3, 0.4) is 0 Å². The smallest absolute Gasteiger partial charge is 0.221 e. The van der Waals surface area contributed by atoms with Crippen LogP contribution < -0.4 is 5.32 Å². The molecule has 0 spiro atoms. The van der Waals surface area contributed by atoms with Gasteiger partial charge in [0.15, 0.2) is 5.78 Å². The van der Waals surface area contributed by atoms with E-state index in [9.17, 15) is 9.59 Å². The summed E-state index contributed by atoms with van der Waals surface area (Å²) in [5.74, 6) is -0.116. The zero-order chi connectivity index (χ0) is 13.2. The zero-order valence-corrected chi connectivity index (χ0v) is 10.7. The van der Waals surface area contributed by atoms with E-state index in [-0.39, 0.29) is 11.7 Å². The van der Waals surface area contributed by atoms with Crippen LogP contribution in [0.25, 0.3) is 0 Å². The highest BCUT2D eigenvalue weighted by atomic mass is 16.5. The Labute approximate surface area is 106 Å². The van der Waals surface area contributed by atoms with Crippen molar-refractivity contribution in [3.63, 3.8) is 0 Å². The Kier molecular flexibility index (Phi) is 3.48. The highest BCUT2D eigenvalue weighted by Gasteiger charge is 2.37. The third-order valence-corrected chi connectivity index (χ3v) is 3.17. The van der Waals surface area contributed by atoms with Gasteiger partial charge in [0.1, 0.15) is 5.60 Å². The molecule has 1 fully saturated rings.